The van der Waals surface area contributed by atoms with Crippen LogP contribution < -0.4 is 0 Å². The maximum atomic E-state index is 3.59. The normalized spacial score (nSPS) is 11.3. The monoisotopic (exact) mass is 473 g/mol. The van der Waals surface area contributed by atoms with Gasteiger partial charge in [-0.15, -0.1) is 0 Å². The predicted octanol–water partition coefficient (Wildman–Crippen LogP) is 8.88. The summed E-state index contributed by atoms with van der Waals surface area (Å²) < 4.78 is 3.45. The molecule has 2 heteroatoms. The Bertz CT molecular complexity index is 1580. The molecule has 0 radical (unpaired) electrons. The van der Waals surface area contributed by atoms with Crippen molar-refractivity contribution in [2.75, 3.05) is 0 Å². The number of rotatable bonds is 3. The van der Waals surface area contributed by atoms with Crippen molar-refractivity contribution in [3.63, 3.8) is 0 Å². The van der Waals surface area contributed by atoms with Crippen LogP contribution >= 0.6 is 15.9 Å². The zero-order valence-corrected chi connectivity index (χ0v) is 19.0. The number of nitrogens with zero attached hydrogens (tertiary/aromatic N) is 1. The molecule has 6 rings (SSSR count). The molecule has 1 aromatic heterocycles. The van der Waals surface area contributed by atoms with Crippen LogP contribution in [0, 0.1) is 0 Å². The van der Waals surface area contributed by atoms with E-state index in [2.05, 4.69) is 142 Å². The molecule has 0 spiro atoms. The van der Waals surface area contributed by atoms with Gasteiger partial charge in [-0.25, -0.2) is 0 Å². The third-order valence-electron chi connectivity index (χ3n) is 6.04. The van der Waals surface area contributed by atoms with Gasteiger partial charge < -0.3 is 4.57 Å². The van der Waals surface area contributed by atoms with Crippen molar-refractivity contribution in [3.05, 3.63) is 126 Å². The highest BCUT2D eigenvalue weighted by Crippen LogP contribution is 2.35. The Labute approximate surface area is 195 Å². The van der Waals surface area contributed by atoms with Gasteiger partial charge in [-0.1, -0.05) is 88.7 Å². The fraction of sp³-hybridized carbons (Fsp3) is 0. The van der Waals surface area contributed by atoms with Crippen molar-refractivity contribution in [3.8, 4) is 27.9 Å². The maximum Gasteiger partial charge on any atom is 0.0541 e. The Morgan fingerprint density at radius 3 is 1.84 bits per heavy atom. The molecule has 0 N–H and O–H groups in total. The van der Waals surface area contributed by atoms with Gasteiger partial charge >= 0.3 is 0 Å². The van der Waals surface area contributed by atoms with Gasteiger partial charge in [0.2, 0.25) is 0 Å². The summed E-state index contributed by atoms with van der Waals surface area (Å²) in [5.41, 5.74) is 8.52. The van der Waals surface area contributed by atoms with Gasteiger partial charge in [0.15, 0.2) is 0 Å². The lowest BCUT2D eigenvalue weighted by atomic mass is 9.98. The summed E-state index contributed by atoms with van der Waals surface area (Å²) in [6.07, 6.45) is 0. The summed E-state index contributed by atoms with van der Waals surface area (Å²) in [6, 6.07) is 43.3. The first kappa shape index (κ1) is 19.1. The summed E-state index contributed by atoms with van der Waals surface area (Å²) in [7, 11) is 0. The van der Waals surface area contributed by atoms with E-state index >= 15 is 0 Å². The van der Waals surface area contributed by atoms with Gasteiger partial charge in [-0.3, -0.25) is 0 Å². The van der Waals surface area contributed by atoms with Gasteiger partial charge in [0, 0.05) is 20.9 Å². The van der Waals surface area contributed by atoms with Gasteiger partial charge in [0.25, 0.3) is 0 Å². The summed E-state index contributed by atoms with van der Waals surface area (Å²) in [5, 5.41) is 2.55. The molecule has 6 aromatic rings. The molecule has 0 aliphatic carbocycles. The van der Waals surface area contributed by atoms with Crippen molar-refractivity contribution < 1.29 is 0 Å². The predicted molar refractivity (Wildman–Crippen MR) is 139 cm³/mol. The number of benzene rings is 5. The van der Waals surface area contributed by atoms with Crippen LogP contribution in [0.4, 0.5) is 0 Å². The van der Waals surface area contributed by atoms with Crippen LogP contribution in [0.5, 0.6) is 0 Å². The van der Waals surface area contributed by atoms with Crippen LogP contribution in [0.2, 0.25) is 0 Å². The first-order chi connectivity index (χ1) is 15.8. The Balaban J connectivity index is 1.54. The van der Waals surface area contributed by atoms with Crippen molar-refractivity contribution in [1.29, 1.82) is 0 Å². The number of fused-ring (bicyclic) bond motifs is 3. The van der Waals surface area contributed by atoms with Gasteiger partial charge in [0.1, 0.15) is 0 Å². The van der Waals surface area contributed by atoms with Gasteiger partial charge in [-0.2, -0.15) is 0 Å². The Morgan fingerprint density at radius 1 is 0.438 bits per heavy atom. The molecule has 0 aliphatic heterocycles. The molecule has 0 saturated carbocycles. The first-order valence-electron chi connectivity index (χ1n) is 10.7. The molecule has 0 fully saturated rings. The quantitative estimate of drug-likeness (QED) is 0.241. The van der Waals surface area contributed by atoms with E-state index < -0.39 is 0 Å². The second-order valence-corrected chi connectivity index (χ2v) is 8.93. The van der Waals surface area contributed by atoms with Crippen LogP contribution in [0.1, 0.15) is 0 Å². The molecule has 152 valence electrons. The van der Waals surface area contributed by atoms with E-state index in [1.165, 1.54) is 49.7 Å². The van der Waals surface area contributed by atoms with Crippen LogP contribution in [0.15, 0.2) is 126 Å². The number of halogens is 1. The first-order valence-corrected chi connectivity index (χ1v) is 11.5. The summed E-state index contributed by atoms with van der Waals surface area (Å²) in [5.74, 6) is 0. The van der Waals surface area contributed by atoms with Crippen LogP contribution in [-0.2, 0) is 0 Å². The average Bonchev–Trinajstić information content (AvgIpc) is 3.18. The Morgan fingerprint density at radius 2 is 1.06 bits per heavy atom. The van der Waals surface area contributed by atoms with Crippen LogP contribution in [-0.4, -0.2) is 4.57 Å². The molecule has 5 aromatic carbocycles. The number of hydrogen-bond donors (Lipinski definition) is 0. The molecule has 0 bridgehead atoms. The zero-order chi connectivity index (χ0) is 21.5. The van der Waals surface area contributed by atoms with Crippen LogP contribution in [0.25, 0.3) is 49.7 Å². The third kappa shape index (κ3) is 3.24. The molecular weight excluding hydrogens is 454 g/mol. The summed E-state index contributed by atoms with van der Waals surface area (Å²) in [4.78, 5) is 0. The second kappa shape index (κ2) is 7.81. The fourth-order valence-electron chi connectivity index (χ4n) is 4.55. The molecule has 0 atom stereocenters. The molecule has 0 amide bonds. The van der Waals surface area contributed by atoms with Crippen molar-refractivity contribution in [2.24, 2.45) is 0 Å². The molecule has 0 saturated heterocycles. The second-order valence-electron chi connectivity index (χ2n) is 8.01. The highest BCUT2D eigenvalue weighted by molar-refractivity contribution is 9.10. The van der Waals surface area contributed by atoms with Crippen molar-refractivity contribution in [1.82, 2.24) is 4.57 Å². The number of aromatic nitrogens is 1. The molecule has 32 heavy (non-hydrogen) atoms. The number of hydrogen-bond acceptors (Lipinski definition) is 0. The van der Waals surface area contributed by atoms with Crippen LogP contribution in [0.3, 0.4) is 0 Å². The van der Waals surface area contributed by atoms with E-state index in [0.29, 0.717) is 0 Å². The van der Waals surface area contributed by atoms with E-state index in [1.54, 1.807) is 0 Å². The average molecular weight is 474 g/mol. The minimum absolute atomic E-state index is 1.09. The molecule has 1 heterocycles. The molecule has 0 unspecified atom stereocenters. The van der Waals surface area contributed by atoms with E-state index in [-0.39, 0.29) is 0 Å². The minimum Gasteiger partial charge on any atom is -0.309 e. The standard InChI is InChI=1S/C30H20BrN/c31-25-11-7-10-23(19-25)21-8-6-9-22(18-21)24-16-17-30-28(20-24)27-14-4-5-15-29(27)32(30)26-12-2-1-3-13-26/h1-20H. The molecule has 0 aliphatic rings. The Hall–Kier alpha value is -3.62. The third-order valence-corrected chi connectivity index (χ3v) is 6.53. The van der Waals surface area contributed by atoms with E-state index in [4.69, 9.17) is 0 Å². The van der Waals surface area contributed by atoms with E-state index in [9.17, 15) is 0 Å². The zero-order valence-electron chi connectivity index (χ0n) is 17.4. The van der Waals surface area contributed by atoms with Crippen molar-refractivity contribution >= 4 is 37.7 Å². The summed E-state index contributed by atoms with van der Waals surface area (Å²) in [6.45, 7) is 0. The lowest BCUT2D eigenvalue weighted by molar-refractivity contribution is 1.18. The Kier molecular flexibility index (Phi) is 4.66. The molecule has 1 nitrogen and oxygen atoms in total. The van der Waals surface area contributed by atoms with Crippen molar-refractivity contribution in [2.45, 2.75) is 0 Å². The van der Waals surface area contributed by atoms with E-state index in [1.807, 2.05) is 0 Å². The fourth-order valence-corrected chi connectivity index (χ4v) is 4.95. The lowest BCUT2D eigenvalue weighted by Crippen LogP contribution is -1.92. The van der Waals surface area contributed by atoms with Gasteiger partial charge in [-0.05, 0) is 70.8 Å². The largest absolute Gasteiger partial charge is 0.309 e. The molecular formula is C30H20BrN. The highest BCUT2D eigenvalue weighted by atomic mass is 79.9. The van der Waals surface area contributed by atoms with E-state index in [0.717, 1.165) is 4.47 Å². The topological polar surface area (TPSA) is 4.93 Å². The minimum atomic E-state index is 1.09. The number of para-hydroxylation sites is 2. The SMILES string of the molecule is Brc1cccc(-c2cccc(-c3ccc4c(c3)c3ccccc3n4-c3ccccc3)c2)c1. The maximum absolute atomic E-state index is 3.59. The smallest absolute Gasteiger partial charge is 0.0541 e. The highest BCUT2D eigenvalue weighted by Gasteiger charge is 2.13. The lowest BCUT2D eigenvalue weighted by Gasteiger charge is -2.09. The summed E-state index contributed by atoms with van der Waals surface area (Å²) >= 11 is 3.59. The van der Waals surface area contributed by atoms with Gasteiger partial charge in [0.05, 0.1) is 11.0 Å².